The van der Waals surface area contributed by atoms with Crippen molar-refractivity contribution in [2.24, 2.45) is 0 Å². The maximum absolute atomic E-state index is 13.9. The number of carbonyl (C=O) groups excluding carboxylic acids is 1. The van der Waals surface area contributed by atoms with Crippen LogP contribution in [0.5, 0.6) is 11.8 Å². The molecule has 222 valence electrons. The molecular weight excluding hydrogens is 607 g/mol. The number of nitrogens with zero attached hydrogens (tertiary/aromatic N) is 3. The molecule has 43 heavy (non-hydrogen) atoms. The third kappa shape index (κ3) is 5.29. The van der Waals surface area contributed by atoms with Crippen LogP contribution in [0.4, 0.5) is 18.0 Å². The molecule has 6 rings (SSSR count). The van der Waals surface area contributed by atoms with E-state index in [2.05, 4.69) is 4.98 Å². The average molecular weight is 630 g/mol. The van der Waals surface area contributed by atoms with Gasteiger partial charge in [-0.3, -0.25) is 4.79 Å². The summed E-state index contributed by atoms with van der Waals surface area (Å²) in [6.45, 7) is 0.631. The van der Waals surface area contributed by atoms with Crippen LogP contribution in [0.1, 0.15) is 50.1 Å². The number of carbonyl (C=O) groups is 2. The number of aldehydes is 1. The van der Waals surface area contributed by atoms with E-state index in [4.69, 9.17) is 26.1 Å². The Morgan fingerprint density at radius 1 is 1.12 bits per heavy atom. The van der Waals surface area contributed by atoms with Crippen LogP contribution < -0.4 is 9.47 Å². The van der Waals surface area contributed by atoms with Gasteiger partial charge in [0.15, 0.2) is 6.29 Å². The molecule has 2 aromatic carbocycles. The number of aromatic nitrogens is 2. The van der Waals surface area contributed by atoms with Gasteiger partial charge < -0.3 is 19.5 Å². The number of hydrogen-bond donors (Lipinski definition) is 1. The number of fused-ring (bicyclic) bond motifs is 2. The molecule has 4 aromatic rings. The predicted octanol–water partition coefficient (Wildman–Crippen LogP) is 7.47. The molecule has 2 aliphatic rings. The topological polar surface area (TPSA) is 102 Å². The minimum absolute atomic E-state index is 0.223. The Balaban J connectivity index is 1.34. The van der Waals surface area contributed by atoms with E-state index >= 15 is 0 Å². The molecule has 1 N–H and O–H groups in total. The number of pyridine rings is 1. The molecule has 1 amide bonds. The first-order chi connectivity index (χ1) is 20.6. The Morgan fingerprint density at radius 3 is 2.58 bits per heavy atom. The lowest BCUT2D eigenvalue weighted by atomic mass is 9.95. The lowest BCUT2D eigenvalue weighted by Crippen LogP contribution is -2.34. The van der Waals surface area contributed by atoms with Crippen LogP contribution >= 0.6 is 22.9 Å². The largest absolute Gasteiger partial charge is 0.480 e. The number of rotatable bonds is 6. The van der Waals surface area contributed by atoms with Crippen molar-refractivity contribution in [1.82, 2.24) is 14.9 Å². The van der Waals surface area contributed by atoms with E-state index in [0.29, 0.717) is 53.0 Å². The minimum Gasteiger partial charge on any atom is -0.480 e. The molecule has 1 aliphatic carbocycles. The highest BCUT2D eigenvalue weighted by Gasteiger charge is 2.38. The molecule has 1 aliphatic heterocycles. The van der Waals surface area contributed by atoms with Crippen LogP contribution in [0.15, 0.2) is 42.5 Å². The van der Waals surface area contributed by atoms with Crippen molar-refractivity contribution in [2.75, 3.05) is 13.7 Å². The second-order valence-electron chi connectivity index (χ2n) is 10.1. The van der Waals surface area contributed by atoms with E-state index in [-0.39, 0.29) is 24.3 Å². The van der Waals surface area contributed by atoms with Gasteiger partial charge in [-0.1, -0.05) is 48.0 Å². The van der Waals surface area contributed by atoms with Crippen molar-refractivity contribution < 1.29 is 37.3 Å². The van der Waals surface area contributed by atoms with Gasteiger partial charge in [0.1, 0.15) is 16.7 Å². The van der Waals surface area contributed by atoms with Crippen LogP contribution in [0.2, 0.25) is 5.02 Å². The van der Waals surface area contributed by atoms with Crippen LogP contribution in [0.25, 0.3) is 21.7 Å². The zero-order valence-electron chi connectivity index (χ0n) is 22.6. The van der Waals surface area contributed by atoms with Gasteiger partial charge in [0.05, 0.1) is 29.9 Å². The quantitative estimate of drug-likeness (QED) is 0.221. The van der Waals surface area contributed by atoms with Gasteiger partial charge in [-0.05, 0) is 35.6 Å². The fourth-order valence-corrected chi connectivity index (χ4v) is 7.01. The van der Waals surface area contributed by atoms with E-state index in [9.17, 15) is 27.9 Å². The Labute approximate surface area is 252 Å². The molecule has 0 bridgehead atoms. The maximum atomic E-state index is 13.9. The zero-order chi connectivity index (χ0) is 30.5. The summed E-state index contributed by atoms with van der Waals surface area (Å²) in [5, 5.41) is 10.5. The molecule has 8 nitrogen and oxygen atoms in total. The number of benzene rings is 2. The van der Waals surface area contributed by atoms with Crippen molar-refractivity contribution in [1.29, 1.82) is 0 Å². The number of thiazole rings is 1. The summed E-state index contributed by atoms with van der Waals surface area (Å²) in [4.78, 5) is 33.7. The molecule has 3 heterocycles. The second kappa shape index (κ2) is 11.2. The van der Waals surface area contributed by atoms with Crippen molar-refractivity contribution in [2.45, 2.75) is 38.1 Å². The highest BCUT2D eigenvalue weighted by molar-refractivity contribution is 7.15. The van der Waals surface area contributed by atoms with Gasteiger partial charge >= 0.3 is 12.3 Å². The highest BCUT2D eigenvalue weighted by Crippen LogP contribution is 2.46. The van der Waals surface area contributed by atoms with E-state index in [1.807, 2.05) is 30.3 Å². The Bertz CT molecular complexity index is 1760. The second-order valence-corrected chi connectivity index (χ2v) is 11.5. The number of alkyl halides is 3. The van der Waals surface area contributed by atoms with Crippen LogP contribution in [0.3, 0.4) is 0 Å². The third-order valence-electron chi connectivity index (χ3n) is 7.59. The number of carboxylic acid groups (broad SMARTS) is 1. The highest BCUT2D eigenvalue weighted by atomic mass is 35.5. The van der Waals surface area contributed by atoms with Crippen molar-refractivity contribution in [3.05, 3.63) is 80.3 Å². The molecule has 0 radical (unpaired) electrons. The first-order valence-corrected chi connectivity index (χ1v) is 14.4. The normalized spacial score (nSPS) is 16.0. The lowest BCUT2D eigenvalue weighted by Gasteiger charge is -2.22. The number of methoxy groups -OCH3 is 1. The first kappa shape index (κ1) is 28.9. The molecule has 0 unspecified atom stereocenters. The molecular formula is C30H23ClF3N3O5S. The predicted molar refractivity (Wildman–Crippen MR) is 153 cm³/mol. The average Bonchev–Trinajstić information content (AvgIpc) is 3.60. The van der Waals surface area contributed by atoms with E-state index in [1.165, 1.54) is 23.3 Å². The zero-order valence-corrected chi connectivity index (χ0v) is 24.1. The van der Waals surface area contributed by atoms with Gasteiger partial charge in [0, 0.05) is 29.0 Å². The van der Waals surface area contributed by atoms with Crippen LogP contribution in [-0.2, 0) is 25.6 Å². The molecule has 0 saturated heterocycles. The molecule has 0 spiro atoms. The summed E-state index contributed by atoms with van der Waals surface area (Å²) in [5.74, 6) is -0.916. The number of amides is 1. The van der Waals surface area contributed by atoms with Gasteiger partial charge in [-0.15, -0.1) is 11.3 Å². The lowest BCUT2D eigenvalue weighted by molar-refractivity contribution is -0.139. The first-order valence-electron chi connectivity index (χ1n) is 13.2. The summed E-state index contributed by atoms with van der Waals surface area (Å²) in [6, 6.07) is 11.8. The number of hydrogen-bond acceptors (Lipinski definition) is 7. The molecule has 1 atom stereocenters. The van der Waals surface area contributed by atoms with Gasteiger partial charge in [0.2, 0.25) is 11.8 Å². The summed E-state index contributed by atoms with van der Waals surface area (Å²) in [6.07, 6.45) is -4.74. The van der Waals surface area contributed by atoms with E-state index in [1.54, 1.807) is 6.07 Å². The third-order valence-corrected chi connectivity index (χ3v) is 9.19. The monoisotopic (exact) mass is 629 g/mol. The minimum atomic E-state index is -4.80. The summed E-state index contributed by atoms with van der Waals surface area (Å²) >= 11 is 8.46. The number of ether oxygens (including phenoxy) is 2. The molecule has 0 fully saturated rings. The van der Waals surface area contributed by atoms with Gasteiger partial charge in [-0.2, -0.15) is 18.2 Å². The fourth-order valence-electron chi connectivity index (χ4n) is 5.54. The van der Waals surface area contributed by atoms with E-state index < -0.39 is 29.8 Å². The molecule has 2 aromatic heterocycles. The van der Waals surface area contributed by atoms with Crippen molar-refractivity contribution in [3.63, 3.8) is 0 Å². The Kier molecular flexibility index (Phi) is 7.51. The maximum Gasteiger partial charge on any atom is 0.421 e. The smallest absolute Gasteiger partial charge is 0.421 e. The Morgan fingerprint density at radius 2 is 1.86 bits per heavy atom. The summed E-state index contributed by atoms with van der Waals surface area (Å²) in [7, 11) is 1.22. The summed E-state index contributed by atoms with van der Waals surface area (Å²) < 4.78 is 52.5. The van der Waals surface area contributed by atoms with Crippen molar-refractivity contribution >= 4 is 35.3 Å². The van der Waals surface area contributed by atoms with Gasteiger partial charge in [0.25, 0.3) is 0 Å². The molecule has 0 saturated carbocycles. The molecule has 13 heteroatoms. The van der Waals surface area contributed by atoms with E-state index in [0.717, 1.165) is 27.3 Å². The van der Waals surface area contributed by atoms with Crippen LogP contribution in [-0.4, -0.2) is 46.0 Å². The van der Waals surface area contributed by atoms with Crippen LogP contribution in [0, 0.1) is 0 Å². The standard InChI is InChI=1S/C30H23ClF3N3O5S/c1-41-26-15(14-38)12-21(30(32,33)34)27(36-26)42-23-9-8-17-16(4-2-5-18(17)23)19-6-3-7-20(25(19)31)28-35-22-13-37(29(39)40)11-10-24(22)43-28/h2-7,12,14,23H,8-11,13H2,1H3,(H,39,40)/t23-/m0/s1. The van der Waals surface area contributed by atoms with Crippen molar-refractivity contribution in [3.8, 4) is 33.5 Å². The van der Waals surface area contributed by atoms with Gasteiger partial charge in [-0.25, -0.2) is 9.78 Å². The summed E-state index contributed by atoms with van der Waals surface area (Å²) in [5.41, 5.74) is 3.12. The Hall–Kier alpha value is -4.16. The SMILES string of the molecule is COc1nc(O[C@H]2CCc3c(-c4cccc(-c5nc6c(s5)CCN(C(=O)O)C6)c4Cl)cccc32)c(C(F)(F)F)cc1C=O. The fraction of sp³-hybridized carbons (Fsp3) is 0.267. The number of halogens is 4.